The van der Waals surface area contributed by atoms with Crippen LogP contribution in [0.3, 0.4) is 0 Å². The lowest BCUT2D eigenvalue weighted by atomic mass is 10.1. The van der Waals surface area contributed by atoms with E-state index in [1.54, 1.807) is 18.2 Å². The zero-order valence-electron chi connectivity index (χ0n) is 12.1. The fourth-order valence-corrected chi connectivity index (χ4v) is 2.75. The molecular formula is C17H17F3N2. The molecule has 0 N–H and O–H groups in total. The minimum atomic E-state index is -0.826. The summed E-state index contributed by atoms with van der Waals surface area (Å²) in [6, 6.07) is 10.7. The zero-order chi connectivity index (χ0) is 15.5. The first-order chi connectivity index (χ1) is 10.6. The molecular weight excluding hydrogens is 289 g/mol. The van der Waals surface area contributed by atoms with Gasteiger partial charge in [-0.15, -0.1) is 0 Å². The summed E-state index contributed by atoms with van der Waals surface area (Å²) in [5.41, 5.74) is 1.37. The van der Waals surface area contributed by atoms with Crippen LogP contribution in [-0.4, -0.2) is 31.1 Å². The van der Waals surface area contributed by atoms with E-state index in [1.807, 2.05) is 11.0 Å². The van der Waals surface area contributed by atoms with Gasteiger partial charge in [0.1, 0.15) is 5.82 Å². The monoisotopic (exact) mass is 306 g/mol. The number of nitrogens with zero attached hydrogens (tertiary/aromatic N) is 2. The molecule has 0 saturated carbocycles. The van der Waals surface area contributed by atoms with Crippen molar-refractivity contribution in [2.45, 2.75) is 6.54 Å². The van der Waals surface area contributed by atoms with Crippen molar-refractivity contribution in [3.8, 4) is 0 Å². The normalized spacial score (nSPS) is 16.0. The van der Waals surface area contributed by atoms with Crippen molar-refractivity contribution in [3.05, 3.63) is 65.5 Å². The average Bonchev–Trinajstić information content (AvgIpc) is 2.52. The molecule has 1 aliphatic heterocycles. The maximum atomic E-state index is 13.8. The molecule has 2 nitrogen and oxygen atoms in total. The lowest BCUT2D eigenvalue weighted by molar-refractivity contribution is 0.248. The van der Waals surface area contributed by atoms with Crippen molar-refractivity contribution < 1.29 is 13.2 Å². The molecule has 0 radical (unpaired) electrons. The standard InChI is InChI=1S/C17H17F3N2/c18-14-6-5-13(11-16(14)20)12-21-7-9-22(10-8-21)17-4-2-1-3-15(17)19/h1-6,11H,7-10,12H2. The molecule has 0 unspecified atom stereocenters. The van der Waals surface area contributed by atoms with Crippen LogP contribution < -0.4 is 4.90 Å². The third-order valence-corrected chi connectivity index (χ3v) is 3.96. The van der Waals surface area contributed by atoms with Gasteiger partial charge in [-0.3, -0.25) is 4.90 Å². The predicted octanol–water partition coefficient (Wildman–Crippen LogP) is 3.43. The largest absolute Gasteiger partial charge is 0.367 e. The summed E-state index contributed by atoms with van der Waals surface area (Å²) in [5.74, 6) is -1.85. The van der Waals surface area contributed by atoms with E-state index in [0.717, 1.165) is 24.7 Å². The van der Waals surface area contributed by atoms with E-state index in [2.05, 4.69) is 4.90 Å². The van der Waals surface area contributed by atoms with Gasteiger partial charge in [-0.2, -0.15) is 0 Å². The lowest BCUT2D eigenvalue weighted by Crippen LogP contribution is -2.46. The first-order valence-electron chi connectivity index (χ1n) is 7.29. The highest BCUT2D eigenvalue weighted by Gasteiger charge is 2.19. The first-order valence-corrected chi connectivity index (χ1v) is 7.29. The summed E-state index contributed by atoms with van der Waals surface area (Å²) in [7, 11) is 0. The molecule has 0 aliphatic carbocycles. The molecule has 0 atom stereocenters. The maximum absolute atomic E-state index is 13.8. The second-order valence-corrected chi connectivity index (χ2v) is 5.46. The summed E-state index contributed by atoms with van der Waals surface area (Å²) in [5, 5.41) is 0. The van der Waals surface area contributed by atoms with Crippen molar-refractivity contribution >= 4 is 5.69 Å². The molecule has 0 spiro atoms. The Morgan fingerprint density at radius 2 is 1.50 bits per heavy atom. The molecule has 116 valence electrons. The van der Waals surface area contributed by atoms with Crippen LogP contribution >= 0.6 is 0 Å². The molecule has 1 aliphatic rings. The highest BCUT2D eigenvalue weighted by Crippen LogP contribution is 2.21. The van der Waals surface area contributed by atoms with Gasteiger partial charge in [0.2, 0.25) is 0 Å². The van der Waals surface area contributed by atoms with E-state index in [0.29, 0.717) is 25.3 Å². The minimum absolute atomic E-state index is 0.212. The van der Waals surface area contributed by atoms with Crippen LogP contribution in [0.15, 0.2) is 42.5 Å². The van der Waals surface area contributed by atoms with Crippen LogP contribution in [0.1, 0.15) is 5.56 Å². The molecule has 22 heavy (non-hydrogen) atoms. The van der Waals surface area contributed by atoms with Gasteiger partial charge in [-0.1, -0.05) is 18.2 Å². The molecule has 0 amide bonds. The second-order valence-electron chi connectivity index (χ2n) is 5.46. The van der Waals surface area contributed by atoms with Gasteiger partial charge < -0.3 is 4.90 Å². The fraction of sp³-hybridized carbons (Fsp3) is 0.294. The highest BCUT2D eigenvalue weighted by atomic mass is 19.2. The SMILES string of the molecule is Fc1ccc(CN2CCN(c3ccccc3F)CC2)cc1F. The van der Waals surface area contributed by atoms with Crippen LogP contribution in [0.5, 0.6) is 0 Å². The molecule has 1 fully saturated rings. The summed E-state index contributed by atoms with van der Waals surface area (Å²) in [4.78, 5) is 4.17. The molecule has 0 bridgehead atoms. The molecule has 5 heteroatoms. The van der Waals surface area contributed by atoms with Crippen LogP contribution in [-0.2, 0) is 6.54 Å². The van der Waals surface area contributed by atoms with Crippen LogP contribution in [0.4, 0.5) is 18.9 Å². The van der Waals surface area contributed by atoms with Gasteiger partial charge in [0, 0.05) is 32.7 Å². The number of rotatable bonds is 3. The molecule has 0 aromatic heterocycles. The number of benzene rings is 2. The zero-order valence-corrected chi connectivity index (χ0v) is 12.1. The molecule has 1 saturated heterocycles. The van der Waals surface area contributed by atoms with E-state index in [-0.39, 0.29) is 5.82 Å². The van der Waals surface area contributed by atoms with Gasteiger partial charge in [0.05, 0.1) is 5.69 Å². The third kappa shape index (κ3) is 3.25. The van der Waals surface area contributed by atoms with E-state index >= 15 is 0 Å². The topological polar surface area (TPSA) is 6.48 Å². The summed E-state index contributed by atoms with van der Waals surface area (Å²) in [6.45, 7) is 3.51. The number of anilines is 1. The van der Waals surface area contributed by atoms with E-state index < -0.39 is 11.6 Å². The van der Waals surface area contributed by atoms with Crippen molar-refractivity contribution in [2.75, 3.05) is 31.1 Å². The Hall–Kier alpha value is -2.01. The molecule has 2 aromatic rings. The van der Waals surface area contributed by atoms with Crippen LogP contribution in [0.25, 0.3) is 0 Å². The van der Waals surface area contributed by atoms with Crippen molar-refractivity contribution in [2.24, 2.45) is 0 Å². The highest BCUT2D eigenvalue weighted by molar-refractivity contribution is 5.48. The maximum Gasteiger partial charge on any atom is 0.159 e. The summed E-state index contributed by atoms with van der Waals surface area (Å²) >= 11 is 0. The summed E-state index contributed by atoms with van der Waals surface area (Å²) < 4.78 is 39.9. The number of hydrogen-bond acceptors (Lipinski definition) is 2. The molecule has 2 aromatic carbocycles. The van der Waals surface area contributed by atoms with Gasteiger partial charge in [0.25, 0.3) is 0 Å². The third-order valence-electron chi connectivity index (χ3n) is 3.96. The van der Waals surface area contributed by atoms with Crippen LogP contribution in [0, 0.1) is 17.5 Å². The van der Waals surface area contributed by atoms with Crippen molar-refractivity contribution in [1.82, 2.24) is 4.90 Å². The molecule has 3 rings (SSSR count). The Kier molecular flexibility index (Phi) is 4.34. The first kappa shape index (κ1) is 14.9. The Morgan fingerprint density at radius 1 is 0.773 bits per heavy atom. The predicted molar refractivity (Wildman–Crippen MR) is 80.2 cm³/mol. The van der Waals surface area contributed by atoms with E-state index in [4.69, 9.17) is 0 Å². The van der Waals surface area contributed by atoms with Crippen LogP contribution in [0.2, 0.25) is 0 Å². The van der Waals surface area contributed by atoms with Gasteiger partial charge in [0.15, 0.2) is 11.6 Å². The van der Waals surface area contributed by atoms with Gasteiger partial charge in [-0.05, 0) is 29.8 Å². The van der Waals surface area contributed by atoms with Crippen molar-refractivity contribution in [1.29, 1.82) is 0 Å². The minimum Gasteiger partial charge on any atom is -0.367 e. The van der Waals surface area contributed by atoms with E-state index in [1.165, 1.54) is 12.1 Å². The smallest absolute Gasteiger partial charge is 0.159 e. The second kappa shape index (κ2) is 6.40. The number of halogens is 3. The Bertz CT molecular complexity index is 652. The number of hydrogen-bond donors (Lipinski definition) is 0. The Labute approximate surface area is 127 Å². The van der Waals surface area contributed by atoms with Gasteiger partial charge in [-0.25, -0.2) is 13.2 Å². The molecule has 1 heterocycles. The number of para-hydroxylation sites is 1. The van der Waals surface area contributed by atoms with E-state index in [9.17, 15) is 13.2 Å². The van der Waals surface area contributed by atoms with Gasteiger partial charge >= 0.3 is 0 Å². The number of piperazine rings is 1. The summed E-state index contributed by atoms with van der Waals surface area (Å²) in [6.07, 6.45) is 0. The Morgan fingerprint density at radius 3 is 2.18 bits per heavy atom. The Balaban J connectivity index is 1.60. The lowest BCUT2D eigenvalue weighted by Gasteiger charge is -2.36. The average molecular weight is 306 g/mol. The van der Waals surface area contributed by atoms with Crippen molar-refractivity contribution in [3.63, 3.8) is 0 Å². The fourth-order valence-electron chi connectivity index (χ4n) is 2.75. The quantitative estimate of drug-likeness (QED) is 0.857.